The maximum absolute atomic E-state index is 11.9. The van der Waals surface area contributed by atoms with Gasteiger partial charge in [-0.2, -0.15) is 5.10 Å². The quantitative estimate of drug-likeness (QED) is 0.750. The van der Waals surface area contributed by atoms with Crippen LogP contribution in [-0.4, -0.2) is 20.8 Å². The lowest BCUT2D eigenvalue weighted by atomic mass is 10.1. The Morgan fingerprint density at radius 2 is 1.88 bits per heavy atom. The molecule has 0 saturated heterocycles. The second-order valence-corrected chi connectivity index (χ2v) is 5.73. The van der Waals surface area contributed by atoms with Gasteiger partial charge >= 0.3 is 0 Å². The minimum absolute atomic E-state index is 0.0613. The first-order valence-corrected chi connectivity index (χ1v) is 7.75. The Hall–Kier alpha value is -2.85. The Morgan fingerprint density at radius 3 is 2.58 bits per heavy atom. The molecular weight excluding hydrogens is 324 g/mol. The molecule has 0 unspecified atom stereocenters. The van der Waals surface area contributed by atoms with E-state index in [4.69, 9.17) is 11.6 Å². The van der Waals surface area contributed by atoms with Crippen molar-refractivity contribution in [3.63, 3.8) is 0 Å². The van der Waals surface area contributed by atoms with Crippen LogP contribution in [0.4, 0.5) is 0 Å². The molecule has 0 aliphatic carbocycles. The lowest BCUT2D eigenvalue weighted by Crippen LogP contribution is -2.09. The Labute approximate surface area is 144 Å². The summed E-state index contributed by atoms with van der Waals surface area (Å²) in [4.78, 5) is 11.9. The van der Waals surface area contributed by atoms with Crippen molar-refractivity contribution in [2.45, 2.75) is 6.92 Å². The Balaban J connectivity index is 2.04. The maximum Gasteiger partial charge on any atom is 0.244 e. The average molecular weight is 339 g/mol. The Bertz CT molecular complexity index is 914. The van der Waals surface area contributed by atoms with Crippen LogP contribution < -0.4 is 0 Å². The molecule has 0 fully saturated rings. The van der Waals surface area contributed by atoms with Gasteiger partial charge in [0.05, 0.1) is 11.4 Å². The third-order valence-electron chi connectivity index (χ3n) is 3.52. The molecule has 0 spiro atoms. The van der Waals surface area contributed by atoms with E-state index in [0.717, 1.165) is 5.56 Å². The normalized spacial score (nSPS) is 11.1. The minimum Gasteiger partial charge on any atom is -0.507 e. The van der Waals surface area contributed by atoms with Crippen LogP contribution in [0, 0.1) is 0 Å². The van der Waals surface area contributed by atoms with Crippen LogP contribution in [0.15, 0.2) is 54.6 Å². The van der Waals surface area contributed by atoms with E-state index in [1.54, 1.807) is 18.2 Å². The van der Waals surface area contributed by atoms with Gasteiger partial charge in [-0.05, 0) is 35.9 Å². The number of aromatic nitrogens is 2. The van der Waals surface area contributed by atoms with Crippen molar-refractivity contribution >= 4 is 29.7 Å². The molecule has 0 radical (unpaired) electrons. The zero-order valence-electron chi connectivity index (χ0n) is 13.0. The van der Waals surface area contributed by atoms with Crippen molar-refractivity contribution < 1.29 is 9.90 Å². The van der Waals surface area contributed by atoms with Crippen LogP contribution in [0.3, 0.4) is 0 Å². The fourth-order valence-corrected chi connectivity index (χ4v) is 2.53. The van der Waals surface area contributed by atoms with Gasteiger partial charge in [-0.3, -0.25) is 4.79 Å². The third-order valence-corrected chi connectivity index (χ3v) is 3.75. The molecule has 0 atom stereocenters. The highest BCUT2D eigenvalue weighted by Crippen LogP contribution is 2.31. The molecule has 1 heterocycles. The standard InChI is InChI=1S/C19H15ClN2O2/c1-13(23)22-16(9-7-14-5-3-2-4-6-14)12-18(21-22)17-11-15(20)8-10-19(17)24/h2-12,24H,1H3/b9-7+. The minimum atomic E-state index is -0.213. The van der Waals surface area contributed by atoms with Crippen LogP contribution in [0.2, 0.25) is 5.02 Å². The number of benzene rings is 2. The summed E-state index contributed by atoms with van der Waals surface area (Å²) in [6, 6.07) is 16.2. The number of carbonyl (C=O) groups excluding carboxylic acids is 1. The van der Waals surface area contributed by atoms with Gasteiger partial charge in [0.15, 0.2) is 0 Å². The molecule has 2 aromatic carbocycles. The molecule has 1 N–H and O–H groups in total. The van der Waals surface area contributed by atoms with E-state index in [9.17, 15) is 9.90 Å². The lowest BCUT2D eigenvalue weighted by molar-refractivity contribution is 0.0920. The Kier molecular flexibility index (Phi) is 4.49. The van der Waals surface area contributed by atoms with Gasteiger partial charge in [-0.25, -0.2) is 4.68 Å². The number of rotatable bonds is 3. The van der Waals surface area contributed by atoms with E-state index < -0.39 is 0 Å². The number of phenolic OH excluding ortho intramolecular Hbond substituents is 1. The van der Waals surface area contributed by atoms with Gasteiger partial charge in [-0.1, -0.05) is 48.0 Å². The molecule has 0 saturated carbocycles. The molecular formula is C19H15ClN2O2. The van der Waals surface area contributed by atoms with Gasteiger partial charge in [0.1, 0.15) is 5.75 Å². The first-order chi connectivity index (χ1) is 11.5. The monoisotopic (exact) mass is 338 g/mol. The van der Waals surface area contributed by atoms with Gasteiger partial charge in [0.2, 0.25) is 5.91 Å². The van der Waals surface area contributed by atoms with E-state index in [0.29, 0.717) is 22.0 Å². The predicted molar refractivity (Wildman–Crippen MR) is 96.0 cm³/mol. The summed E-state index contributed by atoms with van der Waals surface area (Å²) in [7, 11) is 0. The molecule has 3 aromatic rings. The summed E-state index contributed by atoms with van der Waals surface area (Å²) in [6.45, 7) is 1.44. The zero-order valence-corrected chi connectivity index (χ0v) is 13.7. The van der Waals surface area contributed by atoms with Gasteiger partial charge in [0, 0.05) is 17.5 Å². The number of hydrogen-bond donors (Lipinski definition) is 1. The fourth-order valence-electron chi connectivity index (χ4n) is 2.36. The molecule has 3 rings (SSSR count). The summed E-state index contributed by atoms with van der Waals surface area (Å²) >= 11 is 5.99. The topological polar surface area (TPSA) is 55.1 Å². The summed E-state index contributed by atoms with van der Waals surface area (Å²) in [5.74, 6) is -0.151. The number of carbonyl (C=O) groups is 1. The highest BCUT2D eigenvalue weighted by molar-refractivity contribution is 6.30. The lowest BCUT2D eigenvalue weighted by Gasteiger charge is -2.01. The second kappa shape index (κ2) is 6.72. The number of halogens is 1. The first-order valence-electron chi connectivity index (χ1n) is 7.37. The maximum atomic E-state index is 11.9. The molecule has 0 bridgehead atoms. The third kappa shape index (κ3) is 3.39. The van der Waals surface area contributed by atoms with Crippen LogP contribution in [-0.2, 0) is 0 Å². The van der Waals surface area contributed by atoms with Gasteiger partial charge < -0.3 is 5.11 Å². The molecule has 0 aliphatic rings. The molecule has 24 heavy (non-hydrogen) atoms. The first kappa shape index (κ1) is 16.0. The van der Waals surface area contributed by atoms with Crippen LogP contribution in [0.25, 0.3) is 23.4 Å². The van der Waals surface area contributed by atoms with Crippen molar-refractivity contribution in [2.24, 2.45) is 0 Å². The van der Waals surface area contributed by atoms with Crippen LogP contribution >= 0.6 is 11.6 Å². The van der Waals surface area contributed by atoms with Crippen molar-refractivity contribution in [3.05, 3.63) is 70.9 Å². The number of hydrogen-bond acceptors (Lipinski definition) is 3. The van der Waals surface area contributed by atoms with Crippen molar-refractivity contribution in [1.82, 2.24) is 9.78 Å². The average Bonchev–Trinajstić information content (AvgIpc) is 3.00. The Morgan fingerprint density at radius 1 is 1.12 bits per heavy atom. The van der Waals surface area contributed by atoms with Crippen molar-refractivity contribution in [3.8, 4) is 17.0 Å². The second-order valence-electron chi connectivity index (χ2n) is 5.29. The van der Waals surface area contributed by atoms with Crippen molar-refractivity contribution in [1.29, 1.82) is 0 Å². The number of phenols is 1. The summed E-state index contributed by atoms with van der Waals surface area (Å²) in [6.07, 6.45) is 3.72. The van der Waals surface area contributed by atoms with Gasteiger partial charge in [0.25, 0.3) is 0 Å². The van der Waals surface area contributed by atoms with E-state index in [2.05, 4.69) is 5.10 Å². The highest BCUT2D eigenvalue weighted by atomic mass is 35.5. The number of nitrogens with zero attached hydrogens (tertiary/aromatic N) is 2. The molecule has 4 nitrogen and oxygen atoms in total. The van der Waals surface area contributed by atoms with E-state index in [-0.39, 0.29) is 11.7 Å². The van der Waals surface area contributed by atoms with Crippen LogP contribution in [0.1, 0.15) is 23.0 Å². The fraction of sp³-hybridized carbons (Fsp3) is 0.0526. The molecule has 0 aliphatic heterocycles. The predicted octanol–water partition coefficient (Wildman–Crippen LogP) is 4.74. The van der Waals surface area contributed by atoms with Gasteiger partial charge in [-0.15, -0.1) is 0 Å². The summed E-state index contributed by atoms with van der Waals surface area (Å²) in [5.41, 5.74) is 2.61. The summed E-state index contributed by atoms with van der Waals surface area (Å²) in [5, 5.41) is 14.8. The van der Waals surface area contributed by atoms with E-state index >= 15 is 0 Å². The zero-order chi connectivity index (χ0) is 17.1. The highest BCUT2D eigenvalue weighted by Gasteiger charge is 2.14. The smallest absolute Gasteiger partial charge is 0.244 e. The SMILES string of the molecule is CC(=O)n1nc(-c2cc(Cl)ccc2O)cc1/C=C/c1ccccc1. The summed E-state index contributed by atoms with van der Waals surface area (Å²) < 4.78 is 1.30. The molecule has 120 valence electrons. The molecule has 5 heteroatoms. The van der Waals surface area contributed by atoms with Crippen molar-refractivity contribution in [2.75, 3.05) is 0 Å². The molecule has 0 amide bonds. The van der Waals surface area contributed by atoms with E-state index in [1.807, 2.05) is 42.5 Å². The number of aromatic hydroxyl groups is 1. The van der Waals surface area contributed by atoms with Crippen LogP contribution in [0.5, 0.6) is 5.75 Å². The van der Waals surface area contributed by atoms with E-state index in [1.165, 1.54) is 17.7 Å². The largest absolute Gasteiger partial charge is 0.507 e. The molecule has 1 aromatic heterocycles.